The largest absolute Gasteiger partial charge is 0.388 e. The number of aliphatic hydroxyl groups excluding tert-OH is 1. The van der Waals surface area contributed by atoms with Crippen LogP contribution in [0.4, 0.5) is 0 Å². The van der Waals surface area contributed by atoms with Gasteiger partial charge in [0, 0.05) is 22.2 Å². The Morgan fingerprint density at radius 2 is 2.05 bits per heavy atom. The first kappa shape index (κ1) is 15.5. The van der Waals surface area contributed by atoms with Crippen LogP contribution in [0.15, 0.2) is 23.6 Å². The number of hydrogen-bond acceptors (Lipinski definition) is 3. The van der Waals surface area contributed by atoms with Crippen LogP contribution in [0.5, 0.6) is 0 Å². The maximum atomic E-state index is 10.4. The van der Waals surface area contributed by atoms with Gasteiger partial charge in [0.05, 0.1) is 16.8 Å². The average Bonchev–Trinajstić information content (AvgIpc) is 2.81. The molecule has 0 bridgehead atoms. The van der Waals surface area contributed by atoms with Gasteiger partial charge in [-0.25, -0.2) is 4.98 Å². The number of halogens is 1. The molecule has 0 fully saturated rings. The predicted molar refractivity (Wildman–Crippen MR) is 85.7 cm³/mol. The van der Waals surface area contributed by atoms with Crippen molar-refractivity contribution >= 4 is 22.9 Å². The summed E-state index contributed by atoms with van der Waals surface area (Å²) in [4.78, 5) is 4.62. The lowest BCUT2D eigenvalue weighted by Gasteiger charge is -2.15. The molecule has 0 radical (unpaired) electrons. The molecule has 108 valence electrons. The van der Waals surface area contributed by atoms with Gasteiger partial charge in [-0.2, -0.15) is 0 Å². The van der Waals surface area contributed by atoms with Crippen molar-refractivity contribution in [1.29, 1.82) is 0 Å². The van der Waals surface area contributed by atoms with Gasteiger partial charge in [-0.1, -0.05) is 44.5 Å². The monoisotopic (exact) mass is 309 g/mol. The molecule has 0 aliphatic carbocycles. The van der Waals surface area contributed by atoms with Crippen molar-refractivity contribution in [2.45, 2.75) is 45.6 Å². The lowest BCUT2D eigenvalue weighted by atomic mass is 9.93. The number of aromatic nitrogens is 1. The minimum Gasteiger partial charge on any atom is -0.388 e. The van der Waals surface area contributed by atoms with Crippen molar-refractivity contribution in [2.24, 2.45) is 0 Å². The van der Waals surface area contributed by atoms with Crippen LogP contribution >= 0.6 is 22.9 Å². The highest BCUT2D eigenvalue weighted by atomic mass is 35.5. The Morgan fingerprint density at radius 1 is 1.35 bits per heavy atom. The summed E-state index contributed by atoms with van der Waals surface area (Å²) in [6.45, 7) is 8.36. The van der Waals surface area contributed by atoms with E-state index in [-0.39, 0.29) is 5.41 Å². The molecule has 1 N–H and O–H groups in total. The second kappa shape index (κ2) is 5.84. The smallest absolute Gasteiger partial charge is 0.0957 e. The molecule has 2 rings (SSSR count). The van der Waals surface area contributed by atoms with Gasteiger partial charge in [0.25, 0.3) is 0 Å². The van der Waals surface area contributed by atoms with Crippen LogP contribution in [0, 0.1) is 6.92 Å². The fraction of sp³-hybridized carbons (Fsp3) is 0.438. The van der Waals surface area contributed by atoms with E-state index in [2.05, 4.69) is 31.1 Å². The first-order valence-electron chi connectivity index (χ1n) is 6.67. The van der Waals surface area contributed by atoms with E-state index in [4.69, 9.17) is 11.6 Å². The van der Waals surface area contributed by atoms with Crippen LogP contribution < -0.4 is 0 Å². The summed E-state index contributed by atoms with van der Waals surface area (Å²) in [7, 11) is 0. The van der Waals surface area contributed by atoms with Crippen molar-refractivity contribution in [3.05, 3.63) is 50.4 Å². The van der Waals surface area contributed by atoms with Gasteiger partial charge in [0.15, 0.2) is 0 Å². The zero-order chi connectivity index (χ0) is 14.9. The van der Waals surface area contributed by atoms with Gasteiger partial charge in [-0.15, -0.1) is 11.3 Å². The third-order valence-corrected chi connectivity index (χ3v) is 4.64. The maximum Gasteiger partial charge on any atom is 0.0957 e. The van der Waals surface area contributed by atoms with Crippen molar-refractivity contribution in [2.75, 3.05) is 0 Å². The molecule has 0 aliphatic heterocycles. The van der Waals surface area contributed by atoms with Crippen molar-refractivity contribution < 1.29 is 5.11 Å². The number of aliphatic hydroxyl groups is 1. The molecule has 1 aromatic heterocycles. The Labute approximate surface area is 129 Å². The summed E-state index contributed by atoms with van der Waals surface area (Å²) in [6, 6.07) is 5.63. The van der Waals surface area contributed by atoms with E-state index >= 15 is 0 Å². The van der Waals surface area contributed by atoms with Gasteiger partial charge in [-0.3, -0.25) is 0 Å². The summed E-state index contributed by atoms with van der Waals surface area (Å²) in [6.07, 6.45) is -0.0327. The van der Waals surface area contributed by atoms with Gasteiger partial charge in [-0.05, 0) is 24.1 Å². The SMILES string of the molecule is Cc1c(Cl)cccc1C(O)Cc1nc(C(C)(C)C)cs1. The zero-order valence-electron chi connectivity index (χ0n) is 12.3. The predicted octanol–water partition coefficient (Wildman–Crippen LogP) is 4.68. The molecule has 1 unspecified atom stereocenters. The Kier molecular flexibility index (Phi) is 4.52. The summed E-state index contributed by atoms with van der Waals surface area (Å²) < 4.78 is 0. The maximum absolute atomic E-state index is 10.4. The zero-order valence-corrected chi connectivity index (χ0v) is 13.8. The standard InChI is InChI=1S/C16H20ClNOS/c1-10-11(6-5-7-12(10)17)13(19)8-15-18-14(9-20-15)16(2,3)4/h5-7,9,13,19H,8H2,1-4H3. The van der Waals surface area contributed by atoms with E-state index < -0.39 is 6.10 Å². The topological polar surface area (TPSA) is 33.1 Å². The van der Waals surface area contributed by atoms with E-state index in [0.29, 0.717) is 11.4 Å². The first-order chi connectivity index (χ1) is 9.29. The highest BCUT2D eigenvalue weighted by molar-refractivity contribution is 7.09. The first-order valence-corrected chi connectivity index (χ1v) is 7.93. The van der Waals surface area contributed by atoms with Crippen molar-refractivity contribution in [1.82, 2.24) is 4.98 Å². The van der Waals surface area contributed by atoms with Gasteiger partial charge < -0.3 is 5.11 Å². The molecule has 0 saturated heterocycles. The highest BCUT2D eigenvalue weighted by Gasteiger charge is 2.19. The highest BCUT2D eigenvalue weighted by Crippen LogP contribution is 2.29. The van der Waals surface area contributed by atoms with Crippen molar-refractivity contribution in [3.8, 4) is 0 Å². The Balaban J connectivity index is 2.18. The number of benzene rings is 1. The number of thiazole rings is 1. The van der Waals surface area contributed by atoms with E-state index in [0.717, 1.165) is 21.8 Å². The molecule has 0 saturated carbocycles. The van der Waals surface area contributed by atoms with Gasteiger partial charge in [0.2, 0.25) is 0 Å². The normalized spacial score (nSPS) is 13.5. The lowest BCUT2D eigenvalue weighted by molar-refractivity contribution is 0.177. The fourth-order valence-corrected chi connectivity index (χ4v) is 3.25. The molecule has 4 heteroatoms. The number of rotatable bonds is 3. The number of hydrogen-bond donors (Lipinski definition) is 1. The van der Waals surface area contributed by atoms with Gasteiger partial charge >= 0.3 is 0 Å². The van der Waals surface area contributed by atoms with Crippen LogP contribution in [0.2, 0.25) is 5.02 Å². The van der Waals surface area contributed by atoms with Crippen LogP contribution in [0.1, 0.15) is 48.7 Å². The van der Waals surface area contributed by atoms with E-state index in [1.807, 2.05) is 25.1 Å². The molecule has 2 aromatic rings. The van der Waals surface area contributed by atoms with Crippen LogP contribution in [0.3, 0.4) is 0 Å². The second-order valence-corrected chi connectivity index (χ2v) is 7.40. The van der Waals surface area contributed by atoms with Crippen molar-refractivity contribution in [3.63, 3.8) is 0 Å². The summed E-state index contributed by atoms with van der Waals surface area (Å²) in [5.74, 6) is 0. The third kappa shape index (κ3) is 3.40. The third-order valence-electron chi connectivity index (χ3n) is 3.36. The molecule has 0 amide bonds. The molecule has 20 heavy (non-hydrogen) atoms. The Hall–Kier alpha value is -0.900. The fourth-order valence-electron chi connectivity index (χ4n) is 2.01. The second-order valence-electron chi connectivity index (χ2n) is 6.05. The molecule has 2 nitrogen and oxygen atoms in total. The molecule has 0 aliphatic rings. The van der Waals surface area contributed by atoms with Crippen LogP contribution in [-0.4, -0.2) is 10.1 Å². The van der Waals surface area contributed by atoms with Crippen LogP contribution in [0.25, 0.3) is 0 Å². The molecule has 1 aromatic carbocycles. The molecule has 0 spiro atoms. The summed E-state index contributed by atoms with van der Waals surface area (Å²) in [5.41, 5.74) is 2.94. The average molecular weight is 310 g/mol. The number of nitrogens with zero attached hydrogens (tertiary/aromatic N) is 1. The Bertz CT molecular complexity index is 601. The molecular formula is C16H20ClNOS. The van der Waals surface area contributed by atoms with Crippen LogP contribution in [-0.2, 0) is 11.8 Å². The molecule has 1 atom stereocenters. The minimum absolute atomic E-state index is 0.0473. The quantitative estimate of drug-likeness (QED) is 0.893. The minimum atomic E-state index is -0.562. The van der Waals surface area contributed by atoms with E-state index in [1.165, 1.54) is 0 Å². The van der Waals surface area contributed by atoms with E-state index in [9.17, 15) is 5.11 Å². The lowest BCUT2D eigenvalue weighted by Crippen LogP contribution is -2.12. The van der Waals surface area contributed by atoms with E-state index in [1.54, 1.807) is 11.3 Å². The molecular weight excluding hydrogens is 290 g/mol. The summed E-state index contributed by atoms with van der Waals surface area (Å²) >= 11 is 7.71. The molecule has 1 heterocycles. The Morgan fingerprint density at radius 3 is 2.65 bits per heavy atom. The summed E-state index contributed by atoms with van der Waals surface area (Å²) in [5, 5.41) is 14.1. The van der Waals surface area contributed by atoms with Gasteiger partial charge in [0.1, 0.15) is 0 Å².